The molecule has 0 N–H and O–H groups in total. The summed E-state index contributed by atoms with van der Waals surface area (Å²) in [6.07, 6.45) is 4.99. The number of rotatable bonds is 4. The van der Waals surface area contributed by atoms with Gasteiger partial charge < -0.3 is 9.64 Å². The van der Waals surface area contributed by atoms with Crippen molar-refractivity contribution in [2.24, 2.45) is 5.92 Å². The molecular formula is C16H23N3O4. The number of aromatic nitrogens is 1. The van der Waals surface area contributed by atoms with E-state index in [1.54, 1.807) is 12.3 Å². The van der Waals surface area contributed by atoms with E-state index in [1.807, 2.05) is 25.7 Å². The van der Waals surface area contributed by atoms with Crippen molar-refractivity contribution in [2.45, 2.75) is 45.6 Å². The number of hydrogen-bond acceptors (Lipinski definition) is 6. The fourth-order valence-corrected chi connectivity index (χ4v) is 2.86. The predicted octanol–water partition coefficient (Wildman–Crippen LogP) is 2.94. The quantitative estimate of drug-likeness (QED) is 0.481. The summed E-state index contributed by atoms with van der Waals surface area (Å²) in [6, 6.07) is 1.66. The fourth-order valence-electron chi connectivity index (χ4n) is 2.86. The number of ether oxygens (including phenoxy) is 1. The van der Waals surface area contributed by atoms with Crippen molar-refractivity contribution in [3.8, 4) is 0 Å². The van der Waals surface area contributed by atoms with Crippen LogP contribution in [-0.4, -0.2) is 34.6 Å². The van der Waals surface area contributed by atoms with Crippen LogP contribution in [0, 0.1) is 16.0 Å². The first-order valence-electron chi connectivity index (χ1n) is 7.81. The molecule has 7 heteroatoms. The molecule has 1 aliphatic rings. The molecule has 0 unspecified atom stereocenters. The molecule has 1 atom stereocenters. The first kappa shape index (κ1) is 17.2. The Labute approximate surface area is 135 Å². The molecular weight excluding hydrogens is 298 g/mol. The Hall–Kier alpha value is -2.18. The van der Waals surface area contributed by atoms with Gasteiger partial charge in [0.25, 0.3) is 0 Å². The van der Waals surface area contributed by atoms with Crippen LogP contribution < -0.4 is 4.90 Å². The van der Waals surface area contributed by atoms with Crippen molar-refractivity contribution in [3.63, 3.8) is 0 Å². The third-order valence-corrected chi connectivity index (χ3v) is 3.71. The average molecular weight is 321 g/mol. The predicted molar refractivity (Wildman–Crippen MR) is 86.3 cm³/mol. The molecule has 1 aromatic rings. The van der Waals surface area contributed by atoms with E-state index < -0.39 is 10.5 Å². The van der Waals surface area contributed by atoms with E-state index >= 15 is 0 Å². The minimum absolute atomic E-state index is 0.00502. The molecule has 1 aromatic heterocycles. The molecule has 0 radical (unpaired) electrons. The maximum Gasteiger partial charge on any atom is 0.310 e. The largest absolute Gasteiger partial charge is 0.460 e. The lowest BCUT2D eigenvalue weighted by Gasteiger charge is -2.34. The van der Waals surface area contributed by atoms with Crippen LogP contribution in [0.15, 0.2) is 18.5 Å². The second-order valence-electron chi connectivity index (χ2n) is 6.87. The van der Waals surface area contributed by atoms with Crippen LogP contribution in [-0.2, 0) is 9.53 Å². The van der Waals surface area contributed by atoms with E-state index in [2.05, 4.69) is 4.98 Å². The van der Waals surface area contributed by atoms with Crippen molar-refractivity contribution in [3.05, 3.63) is 28.6 Å². The summed E-state index contributed by atoms with van der Waals surface area (Å²) in [5.41, 5.74) is 0.0827. The van der Waals surface area contributed by atoms with Gasteiger partial charge >= 0.3 is 11.7 Å². The molecule has 0 aromatic carbocycles. The summed E-state index contributed by atoms with van der Waals surface area (Å²) >= 11 is 0. The molecule has 2 heterocycles. The minimum Gasteiger partial charge on any atom is -0.460 e. The topological polar surface area (TPSA) is 85.6 Å². The first-order valence-corrected chi connectivity index (χ1v) is 7.81. The van der Waals surface area contributed by atoms with Gasteiger partial charge in [0, 0.05) is 19.3 Å². The minimum atomic E-state index is -0.491. The Bertz CT molecular complexity index is 583. The molecule has 1 saturated heterocycles. The smallest absolute Gasteiger partial charge is 0.310 e. The highest BCUT2D eigenvalue weighted by molar-refractivity contribution is 5.70. The number of carbonyl (C=O) groups is 1. The van der Waals surface area contributed by atoms with E-state index in [0.29, 0.717) is 18.7 Å². The molecule has 1 fully saturated rings. The van der Waals surface area contributed by atoms with Gasteiger partial charge in [0.1, 0.15) is 17.5 Å². The second-order valence-corrected chi connectivity index (χ2v) is 6.87. The number of esters is 1. The maximum absolute atomic E-state index is 12.0. The summed E-state index contributed by atoms with van der Waals surface area (Å²) < 4.78 is 5.37. The van der Waals surface area contributed by atoms with Gasteiger partial charge in [-0.2, -0.15) is 0 Å². The van der Waals surface area contributed by atoms with E-state index in [0.717, 1.165) is 19.4 Å². The van der Waals surface area contributed by atoms with E-state index in [4.69, 9.17) is 4.74 Å². The van der Waals surface area contributed by atoms with Crippen LogP contribution in [0.5, 0.6) is 0 Å². The summed E-state index contributed by atoms with van der Waals surface area (Å²) in [4.78, 5) is 28.5. The number of hydrogen-bond donors (Lipinski definition) is 0. The molecule has 23 heavy (non-hydrogen) atoms. The van der Waals surface area contributed by atoms with Crippen molar-refractivity contribution >= 4 is 17.3 Å². The van der Waals surface area contributed by atoms with Gasteiger partial charge in [-0.3, -0.25) is 19.9 Å². The molecule has 0 saturated carbocycles. The van der Waals surface area contributed by atoms with Gasteiger partial charge in [-0.25, -0.2) is 0 Å². The van der Waals surface area contributed by atoms with E-state index in [9.17, 15) is 14.9 Å². The van der Waals surface area contributed by atoms with Crippen molar-refractivity contribution < 1.29 is 14.5 Å². The highest BCUT2D eigenvalue weighted by Gasteiger charge is 2.28. The lowest BCUT2D eigenvalue weighted by atomic mass is 9.94. The Morgan fingerprint density at radius 1 is 1.52 bits per heavy atom. The summed E-state index contributed by atoms with van der Waals surface area (Å²) in [7, 11) is 0. The molecule has 2 rings (SSSR count). The zero-order valence-corrected chi connectivity index (χ0v) is 13.8. The van der Waals surface area contributed by atoms with Crippen LogP contribution >= 0.6 is 0 Å². The number of carbonyl (C=O) groups excluding carboxylic acids is 1. The van der Waals surface area contributed by atoms with Gasteiger partial charge in [0.15, 0.2) is 0 Å². The van der Waals surface area contributed by atoms with Crippen molar-refractivity contribution in [1.82, 2.24) is 4.98 Å². The number of anilines is 1. The number of nitro groups is 1. The standard InChI is InChI=1S/C16H23N3O4/c1-16(2,3)23-15(20)9-12-5-4-8-18(11-12)13-6-7-17-10-14(13)19(21)22/h6-7,10,12H,4-5,8-9,11H2,1-3H3/t12-/m1/s1. The third kappa shape index (κ3) is 4.91. The van der Waals surface area contributed by atoms with Crippen LogP contribution in [0.3, 0.4) is 0 Å². The Morgan fingerprint density at radius 3 is 2.91 bits per heavy atom. The van der Waals surface area contributed by atoms with Crippen molar-refractivity contribution in [1.29, 1.82) is 0 Å². The van der Waals surface area contributed by atoms with Crippen LogP contribution in [0.2, 0.25) is 0 Å². The molecule has 0 bridgehead atoms. The fraction of sp³-hybridized carbons (Fsp3) is 0.625. The highest BCUT2D eigenvalue weighted by atomic mass is 16.6. The number of pyridine rings is 1. The average Bonchev–Trinajstić information content (AvgIpc) is 2.45. The van der Waals surface area contributed by atoms with E-state index in [-0.39, 0.29) is 17.6 Å². The Balaban J connectivity index is 2.04. The Kier molecular flexibility index (Phi) is 5.18. The zero-order valence-electron chi connectivity index (χ0n) is 13.8. The van der Waals surface area contributed by atoms with Gasteiger partial charge in [-0.1, -0.05) is 0 Å². The van der Waals surface area contributed by atoms with E-state index in [1.165, 1.54) is 6.20 Å². The zero-order chi connectivity index (χ0) is 17.0. The normalized spacial score (nSPS) is 18.6. The summed E-state index contributed by atoms with van der Waals surface area (Å²) in [5, 5.41) is 11.1. The van der Waals surface area contributed by atoms with Crippen molar-refractivity contribution in [2.75, 3.05) is 18.0 Å². The monoisotopic (exact) mass is 321 g/mol. The van der Waals surface area contributed by atoms with Gasteiger partial charge in [-0.15, -0.1) is 0 Å². The molecule has 1 aliphatic heterocycles. The molecule has 0 spiro atoms. The third-order valence-electron chi connectivity index (χ3n) is 3.71. The van der Waals surface area contributed by atoms with Gasteiger partial charge in [0.2, 0.25) is 0 Å². The summed E-state index contributed by atoms with van der Waals surface area (Å²) in [5.74, 6) is -0.0695. The van der Waals surface area contributed by atoms with Crippen LogP contribution in [0.4, 0.5) is 11.4 Å². The lowest BCUT2D eigenvalue weighted by molar-refractivity contribution is -0.384. The van der Waals surface area contributed by atoms with Gasteiger partial charge in [-0.05, 0) is 45.6 Å². The SMILES string of the molecule is CC(C)(C)OC(=O)C[C@H]1CCCN(c2ccncc2[N+](=O)[O-])C1. The van der Waals surface area contributed by atoms with Crippen LogP contribution in [0.25, 0.3) is 0 Å². The lowest BCUT2D eigenvalue weighted by Crippen LogP contribution is -2.37. The molecule has 7 nitrogen and oxygen atoms in total. The highest BCUT2D eigenvalue weighted by Crippen LogP contribution is 2.31. The second kappa shape index (κ2) is 6.93. The molecule has 0 amide bonds. The molecule has 0 aliphatic carbocycles. The van der Waals surface area contributed by atoms with Crippen LogP contribution in [0.1, 0.15) is 40.0 Å². The number of piperidine rings is 1. The van der Waals surface area contributed by atoms with Gasteiger partial charge in [0.05, 0.1) is 11.3 Å². The molecule has 126 valence electrons. The number of nitrogens with zero attached hydrogens (tertiary/aromatic N) is 3. The Morgan fingerprint density at radius 2 is 2.26 bits per heavy atom. The summed E-state index contributed by atoms with van der Waals surface area (Å²) in [6.45, 7) is 6.90. The maximum atomic E-state index is 12.0. The first-order chi connectivity index (χ1) is 10.8.